The molecule has 1 rings (SSSR count). The van der Waals surface area contributed by atoms with Gasteiger partial charge in [0.2, 0.25) is 0 Å². The molecular formula is C8H10BrNO3. The van der Waals surface area contributed by atoms with Gasteiger partial charge in [0.15, 0.2) is 6.29 Å². The first-order valence-electron chi connectivity index (χ1n) is 3.74. The highest BCUT2D eigenvalue weighted by Crippen LogP contribution is 2.18. The third-order valence-corrected chi connectivity index (χ3v) is 2.38. The van der Waals surface area contributed by atoms with Crippen molar-refractivity contribution < 1.29 is 15.0 Å². The number of aliphatic hydroxyl groups is 2. The molecule has 0 amide bonds. The van der Waals surface area contributed by atoms with Gasteiger partial charge in [0.1, 0.15) is 6.10 Å². The first kappa shape index (κ1) is 10.4. The number of aldehydes is 1. The van der Waals surface area contributed by atoms with Gasteiger partial charge < -0.3 is 15.2 Å². The predicted octanol–water partition coefficient (Wildman–Crippen LogP) is 0.616. The minimum absolute atomic E-state index is 0.287. The van der Waals surface area contributed by atoms with Crippen LogP contribution in [0.5, 0.6) is 0 Å². The number of aliphatic hydroxyl groups excluding tert-OH is 2. The molecule has 0 saturated carbocycles. The summed E-state index contributed by atoms with van der Waals surface area (Å²) in [7, 11) is 0. The number of hydrogen-bond acceptors (Lipinski definition) is 3. The van der Waals surface area contributed by atoms with Crippen molar-refractivity contribution in [1.29, 1.82) is 0 Å². The van der Waals surface area contributed by atoms with Gasteiger partial charge in [-0.15, -0.1) is 0 Å². The maximum atomic E-state index is 10.3. The molecule has 4 nitrogen and oxygen atoms in total. The molecule has 0 aliphatic heterocycles. The van der Waals surface area contributed by atoms with Crippen molar-refractivity contribution in [3.8, 4) is 0 Å². The monoisotopic (exact) mass is 247 g/mol. The summed E-state index contributed by atoms with van der Waals surface area (Å²) in [6.45, 7) is 0. The number of carbonyl (C=O) groups excluding carboxylic acids is 1. The van der Waals surface area contributed by atoms with Crippen molar-refractivity contribution in [3.05, 3.63) is 23.5 Å². The lowest BCUT2D eigenvalue weighted by molar-refractivity contribution is 0.0343. The number of halogens is 1. The Balaban J connectivity index is 2.76. The van der Waals surface area contributed by atoms with E-state index >= 15 is 0 Å². The van der Waals surface area contributed by atoms with E-state index in [1.165, 1.54) is 12.3 Å². The van der Waals surface area contributed by atoms with Crippen LogP contribution >= 0.6 is 15.9 Å². The Kier molecular flexibility index (Phi) is 3.65. The van der Waals surface area contributed by atoms with Crippen molar-refractivity contribution in [2.24, 2.45) is 0 Å². The van der Waals surface area contributed by atoms with E-state index in [2.05, 4.69) is 20.9 Å². The second-order valence-corrected chi connectivity index (χ2v) is 3.32. The molecule has 0 fully saturated rings. The Morgan fingerprint density at radius 2 is 2.31 bits per heavy atom. The largest absolute Gasteiger partial charge is 0.389 e. The van der Waals surface area contributed by atoms with Gasteiger partial charge in [0.25, 0.3) is 0 Å². The number of rotatable bonds is 4. The lowest BCUT2D eigenvalue weighted by atomic mass is 10.1. The standard InChI is InChI=1S/C8H10BrNO3/c9-2-7(12)8(13)5-1-6(4-11)10-3-5/h1,3-4,7-8,10,12-13H,2H2. The molecule has 72 valence electrons. The van der Waals surface area contributed by atoms with Crippen LogP contribution in [0.3, 0.4) is 0 Å². The summed E-state index contributed by atoms with van der Waals surface area (Å²) >= 11 is 3.05. The van der Waals surface area contributed by atoms with Crippen LogP contribution in [-0.2, 0) is 0 Å². The average Bonchev–Trinajstić information content (AvgIpc) is 2.63. The molecule has 0 bridgehead atoms. The molecular weight excluding hydrogens is 238 g/mol. The maximum Gasteiger partial charge on any atom is 0.166 e. The molecule has 1 aromatic rings. The first-order valence-corrected chi connectivity index (χ1v) is 4.86. The summed E-state index contributed by atoms with van der Waals surface area (Å²) in [5, 5.41) is 19.0. The third kappa shape index (κ3) is 2.40. The first-order chi connectivity index (χ1) is 6.19. The molecule has 0 radical (unpaired) electrons. The van der Waals surface area contributed by atoms with Gasteiger partial charge in [-0.2, -0.15) is 0 Å². The van der Waals surface area contributed by atoms with Crippen molar-refractivity contribution in [1.82, 2.24) is 4.98 Å². The zero-order valence-electron chi connectivity index (χ0n) is 6.77. The molecule has 0 aliphatic carbocycles. The SMILES string of the molecule is O=Cc1cc(C(O)C(O)CBr)c[nH]1. The van der Waals surface area contributed by atoms with Crippen LogP contribution in [0.25, 0.3) is 0 Å². The molecule has 5 heteroatoms. The normalized spacial score (nSPS) is 15.3. The Morgan fingerprint density at radius 3 is 2.77 bits per heavy atom. The highest BCUT2D eigenvalue weighted by molar-refractivity contribution is 9.09. The van der Waals surface area contributed by atoms with Crippen LogP contribution in [0.1, 0.15) is 22.2 Å². The molecule has 0 saturated heterocycles. The summed E-state index contributed by atoms with van der Waals surface area (Å²) in [6.07, 6.45) is 0.316. The molecule has 0 aliphatic rings. The second kappa shape index (κ2) is 4.55. The van der Waals surface area contributed by atoms with E-state index in [0.717, 1.165) is 0 Å². The predicted molar refractivity (Wildman–Crippen MR) is 50.9 cm³/mol. The van der Waals surface area contributed by atoms with Gasteiger partial charge in [0.05, 0.1) is 11.8 Å². The number of aromatic nitrogens is 1. The number of hydrogen-bond donors (Lipinski definition) is 3. The van der Waals surface area contributed by atoms with Gasteiger partial charge in [-0.1, -0.05) is 15.9 Å². The minimum atomic E-state index is -0.968. The fraction of sp³-hybridized carbons (Fsp3) is 0.375. The zero-order valence-corrected chi connectivity index (χ0v) is 8.36. The Morgan fingerprint density at radius 1 is 1.62 bits per heavy atom. The van der Waals surface area contributed by atoms with Crippen molar-refractivity contribution in [2.75, 3.05) is 5.33 Å². The van der Waals surface area contributed by atoms with Crippen molar-refractivity contribution >= 4 is 22.2 Å². The molecule has 2 atom stereocenters. The smallest absolute Gasteiger partial charge is 0.166 e. The third-order valence-electron chi connectivity index (χ3n) is 1.72. The van der Waals surface area contributed by atoms with Gasteiger partial charge in [0, 0.05) is 17.1 Å². The van der Waals surface area contributed by atoms with Gasteiger partial charge in [-0.25, -0.2) is 0 Å². The molecule has 2 unspecified atom stereocenters. The zero-order chi connectivity index (χ0) is 9.84. The van der Waals surface area contributed by atoms with Crippen LogP contribution in [-0.4, -0.2) is 32.9 Å². The van der Waals surface area contributed by atoms with Crippen LogP contribution < -0.4 is 0 Å². The van der Waals surface area contributed by atoms with Gasteiger partial charge in [-0.05, 0) is 6.07 Å². The number of aromatic amines is 1. The highest BCUT2D eigenvalue weighted by atomic mass is 79.9. The summed E-state index contributed by atoms with van der Waals surface area (Å²) in [6, 6.07) is 1.50. The fourth-order valence-corrected chi connectivity index (χ4v) is 1.33. The van der Waals surface area contributed by atoms with Crippen LogP contribution in [0.15, 0.2) is 12.3 Å². The van der Waals surface area contributed by atoms with E-state index < -0.39 is 12.2 Å². The van der Waals surface area contributed by atoms with E-state index in [9.17, 15) is 15.0 Å². The van der Waals surface area contributed by atoms with Crippen molar-refractivity contribution in [2.45, 2.75) is 12.2 Å². The lowest BCUT2D eigenvalue weighted by Crippen LogP contribution is -2.18. The number of carbonyl (C=O) groups is 1. The maximum absolute atomic E-state index is 10.3. The number of alkyl halides is 1. The van der Waals surface area contributed by atoms with Crippen LogP contribution in [0, 0.1) is 0 Å². The van der Waals surface area contributed by atoms with Crippen LogP contribution in [0.2, 0.25) is 0 Å². The number of nitrogens with one attached hydrogen (secondary N) is 1. The second-order valence-electron chi connectivity index (χ2n) is 2.67. The van der Waals surface area contributed by atoms with E-state index in [4.69, 9.17) is 0 Å². The minimum Gasteiger partial charge on any atom is -0.389 e. The number of H-pyrrole nitrogens is 1. The molecule has 0 aromatic carbocycles. The molecule has 1 heterocycles. The Hall–Kier alpha value is -0.650. The van der Waals surface area contributed by atoms with E-state index in [1.54, 1.807) is 0 Å². The van der Waals surface area contributed by atoms with Gasteiger partial charge >= 0.3 is 0 Å². The Labute approximate surface area is 83.7 Å². The summed E-state index contributed by atoms with van der Waals surface area (Å²) in [5.74, 6) is 0. The summed E-state index contributed by atoms with van der Waals surface area (Å²) < 4.78 is 0. The molecule has 1 aromatic heterocycles. The summed E-state index contributed by atoms with van der Waals surface area (Å²) in [4.78, 5) is 13.0. The van der Waals surface area contributed by atoms with E-state index in [-0.39, 0.29) is 5.33 Å². The van der Waals surface area contributed by atoms with Crippen LogP contribution in [0.4, 0.5) is 0 Å². The van der Waals surface area contributed by atoms with Gasteiger partial charge in [-0.3, -0.25) is 4.79 Å². The fourth-order valence-electron chi connectivity index (χ4n) is 0.975. The summed E-state index contributed by atoms with van der Waals surface area (Å²) in [5.41, 5.74) is 0.893. The quantitative estimate of drug-likeness (QED) is 0.540. The van der Waals surface area contributed by atoms with E-state index in [1.807, 2.05) is 0 Å². The van der Waals surface area contributed by atoms with Crippen molar-refractivity contribution in [3.63, 3.8) is 0 Å². The Bertz CT molecular complexity index is 287. The molecule has 0 spiro atoms. The lowest BCUT2D eigenvalue weighted by Gasteiger charge is -2.13. The average molecular weight is 248 g/mol. The molecule has 3 N–H and O–H groups in total. The molecule has 13 heavy (non-hydrogen) atoms. The van der Waals surface area contributed by atoms with E-state index in [0.29, 0.717) is 17.5 Å². The highest BCUT2D eigenvalue weighted by Gasteiger charge is 2.17. The topological polar surface area (TPSA) is 73.3 Å².